The number of hydrogen-bond donors (Lipinski definition) is 0. The van der Waals surface area contributed by atoms with Crippen LogP contribution in [0.25, 0.3) is 0 Å². The normalized spacial score (nSPS) is 15.9. The number of nitrogens with zero attached hydrogens (tertiary/aromatic N) is 4. The second-order valence-electron chi connectivity index (χ2n) is 7.27. The van der Waals surface area contributed by atoms with E-state index >= 15 is 0 Å². The number of aryl methyl sites for hydroxylation is 1. The number of amides is 1. The molecule has 0 spiro atoms. The summed E-state index contributed by atoms with van der Waals surface area (Å²) in [6.45, 7) is 7.37. The summed E-state index contributed by atoms with van der Waals surface area (Å²) >= 11 is 0. The van der Waals surface area contributed by atoms with E-state index in [9.17, 15) is 13.2 Å². The molecule has 1 amide bonds. The van der Waals surface area contributed by atoms with Crippen molar-refractivity contribution in [2.75, 3.05) is 19.3 Å². The van der Waals surface area contributed by atoms with Crippen LogP contribution < -0.4 is 0 Å². The average Bonchev–Trinajstić information content (AvgIpc) is 2.88. The van der Waals surface area contributed by atoms with Crippen LogP contribution >= 0.6 is 0 Å². The Morgan fingerprint density at radius 2 is 1.89 bits per heavy atom. The predicted octanol–water partition coefficient (Wildman–Crippen LogP) is 2.01. The molecule has 1 saturated heterocycles. The molecule has 146 valence electrons. The quantitative estimate of drug-likeness (QED) is 0.797. The van der Waals surface area contributed by atoms with Crippen LogP contribution in [0.4, 0.5) is 0 Å². The van der Waals surface area contributed by atoms with Crippen molar-refractivity contribution in [3.8, 4) is 0 Å². The second-order valence-corrected chi connectivity index (χ2v) is 9.25. The number of carbonyl (C=O) groups excluding carboxylic acids is 1. The van der Waals surface area contributed by atoms with Crippen LogP contribution in [0.2, 0.25) is 0 Å². The topological polar surface area (TPSA) is 85.2 Å². The Kier molecular flexibility index (Phi) is 5.37. The largest absolute Gasteiger partial charge is 0.341 e. The maximum Gasteiger partial charge on any atom is 0.244 e. The standard InChI is InChI=1S/C19H26N4O3S/c1-13-14(2)21-23(15(13)3)12-18(24)22-10-7-16(8-11-22)19-17(27(4,25)26)6-5-9-20-19/h5-6,9,16H,7-8,10-12H2,1-4H3. The van der Waals surface area contributed by atoms with E-state index in [1.165, 1.54) is 6.26 Å². The molecule has 2 aromatic heterocycles. The Balaban J connectivity index is 1.67. The van der Waals surface area contributed by atoms with Crippen molar-refractivity contribution in [1.29, 1.82) is 0 Å². The Hall–Kier alpha value is -2.22. The van der Waals surface area contributed by atoms with E-state index in [2.05, 4.69) is 10.1 Å². The number of aromatic nitrogens is 3. The van der Waals surface area contributed by atoms with Crippen molar-refractivity contribution in [3.63, 3.8) is 0 Å². The molecule has 0 unspecified atom stereocenters. The molecule has 0 atom stereocenters. The minimum atomic E-state index is -3.31. The number of sulfone groups is 1. The van der Waals surface area contributed by atoms with Gasteiger partial charge in [0.05, 0.1) is 16.3 Å². The number of pyridine rings is 1. The highest BCUT2D eigenvalue weighted by atomic mass is 32.2. The van der Waals surface area contributed by atoms with Crippen molar-refractivity contribution in [1.82, 2.24) is 19.7 Å². The second kappa shape index (κ2) is 7.42. The van der Waals surface area contributed by atoms with Crippen molar-refractivity contribution in [2.45, 2.75) is 51.0 Å². The molecule has 3 heterocycles. The number of rotatable bonds is 4. The Labute approximate surface area is 160 Å². The lowest BCUT2D eigenvalue weighted by Crippen LogP contribution is -2.40. The van der Waals surface area contributed by atoms with E-state index in [0.717, 1.165) is 17.0 Å². The van der Waals surface area contributed by atoms with Gasteiger partial charge < -0.3 is 4.90 Å². The lowest BCUT2D eigenvalue weighted by molar-refractivity contribution is -0.133. The molecule has 0 radical (unpaired) electrons. The highest BCUT2D eigenvalue weighted by Gasteiger charge is 2.28. The molecule has 1 fully saturated rings. The Bertz CT molecular complexity index is 957. The van der Waals surface area contributed by atoms with Crippen molar-refractivity contribution < 1.29 is 13.2 Å². The molecule has 3 rings (SSSR count). The van der Waals surface area contributed by atoms with Gasteiger partial charge in [0, 0.05) is 37.2 Å². The maximum atomic E-state index is 12.7. The van der Waals surface area contributed by atoms with Crippen LogP contribution in [0.5, 0.6) is 0 Å². The van der Waals surface area contributed by atoms with Gasteiger partial charge in [0.15, 0.2) is 9.84 Å². The van der Waals surface area contributed by atoms with E-state index in [4.69, 9.17) is 0 Å². The molecule has 0 aromatic carbocycles. The molecule has 0 aliphatic carbocycles. The van der Waals surface area contributed by atoms with E-state index in [-0.39, 0.29) is 18.4 Å². The molecule has 1 aliphatic heterocycles. The van der Waals surface area contributed by atoms with E-state index in [1.807, 2.05) is 25.7 Å². The molecule has 7 nitrogen and oxygen atoms in total. The van der Waals surface area contributed by atoms with Gasteiger partial charge in [0.25, 0.3) is 0 Å². The number of hydrogen-bond acceptors (Lipinski definition) is 5. The zero-order chi connectivity index (χ0) is 19.8. The van der Waals surface area contributed by atoms with Gasteiger partial charge in [-0.3, -0.25) is 14.5 Å². The lowest BCUT2D eigenvalue weighted by atomic mass is 9.93. The molecule has 0 bridgehead atoms. The maximum absolute atomic E-state index is 12.7. The van der Waals surface area contributed by atoms with Crippen LogP contribution in [0.3, 0.4) is 0 Å². The third kappa shape index (κ3) is 4.05. The first-order valence-corrected chi connectivity index (χ1v) is 11.0. The zero-order valence-corrected chi connectivity index (χ0v) is 17.1. The summed E-state index contributed by atoms with van der Waals surface area (Å²) in [7, 11) is -3.31. The summed E-state index contributed by atoms with van der Waals surface area (Å²) in [6.07, 6.45) is 4.26. The minimum Gasteiger partial charge on any atom is -0.341 e. The average molecular weight is 391 g/mol. The monoisotopic (exact) mass is 390 g/mol. The summed E-state index contributed by atoms with van der Waals surface area (Å²) in [4.78, 5) is 19.1. The Morgan fingerprint density at radius 1 is 1.22 bits per heavy atom. The van der Waals surface area contributed by atoms with Crippen LogP contribution in [0.15, 0.2) is 23.2 Å². The Morgan fingerprint density at radius 3 is 2.44 bits per heavy atom. The van der Waals surface area contributed by atoms with Crippen molar-refractivity contribution in [2.24, 2.45) is 0 Å². The summed E-state index contributed by atoms with van der Waals surface area (Å²) in [5, 5.41) is 4.44. The van der Waals surface area contributed by atoms with Gasteiger partial charge in [-0.15, -0.1) is 0 Å². The third-order valence-corrected chi connectivity index (χ3v) is 6.61. The van der Waals surface area contributed by atoms with Gasteiger partial charge in [0.1, 0.15) is 6.54 Å². The molecule has 0 saturated carbocycles. The molecule has 2 aromatic rings. The summed E-state index contributed by atoms with van der Waals surface area (Å²) in [5.74, 6) is 0.0966. The number of carbonyl (C=O) groups is 1. The van der Waals surface area contributed by atoms with Gasteiger partial charge in [-0.1, -0.05) is 0 Å². The lowest BCUT2D eigenvalue weighted by Gasteiger charge is -2.32. The molecule has 8 heteroatoms. The highest BCUT2D eigenvalue weighted by Crippen LogP contribution is 2.31. The van der Waals surface area contributed by atoms with Gasteiger partial charge in [0.2, 0.25) is 5.91 Å². The smallest absolute Gasteiger partial charge is 0.244 e. The first-order chi connectivity index (χ1) is 12.7. The minimum absolute atomic E-state index is 0.0448. The summed E-state index contributed by atoms with van der Waals surface area (Å²) in [6, 6.07) is 3.26. The van der Waals surface area contributed by atoms with Crippen molar-refractivity contribution in [3.05, 3.63) is 41.0 Å². The van der Waals surface area contributed by atoms with Gasteiger partial charge in [-0.25, -0.2) is 8.42 Å². The van der Waals surface area contributed by atoms with Gasteiger partial charge in [-0.2, -0.15) is 5.10 Å². The van der Waals surface area contributed by atoms with Crippen molar-refractivity contribution >= 4 is 15.7 Å². The SMILES string of the molecule is Cc1nn(CC(=O)N2CCC(c3ncccc3S(C)(=O)=O)CC2)c(C)c1C. The van der Waals surface area contributed by atoms with Crippen LogP contribution in [-0.2, 0) is 21.2 Å². The molecule has 27 heavy (non-hydrogen) atoms. The number of likely N-dealkylation sites (tertiary alicyclic amines) is 1. The fourth-order valence-electron chi connectivity index (χ4n) is 3.59. The molecule has 0 N–H and O–H groups in total. The zero-order valence-electron chi connectivity index (χ0n) is 16.3. The summed E-state index contributed by atoms with van der Waals surface area (Å²) < 4.78 is 25.8. The number of piperidine rings is 1. The molecule has 1 aliphatic rings. The molecular formula is C19H26N4O3S. The van der Waals surface area contributed by atoms with Crippen LogP contribution in [0, 0.1) is 20.8 Å². The first-order valence-electron chi connectivity index (χ1n) is 9.12. The van der Waals surface area contributed by atoms with Crippen LogP contribution in [0.1, 0.15) is 41.4 Å². The first kappa shape index (κ1) is 19.5. The van der Waals surface area contributed by atoms with Gasteiger partial charge >= 0.3 is 0 Å². The summed E-state index contributed by atoms with van der Waals surface area (Å²) in [5.41, 5.74) is 3.70. The van der Waals surface area contributed by atoms with E-state index in [0.29, 0.717) is 36.5 Å². The third-order valence-electron chi connectivity index (χ3n) is 5.46. The van der Waals surface area contributed by atoms with Crippen LogP contribution in [-0.4, -0.2) is 53.3 Å². The fraction of sp³-hybridized carbons (Fsp3) is 0.526. The van der Waals surface area contributed by atoms with E-state index in [1.54, 1.807) is 23.0 Å². The van der Waals surface area contributed by atoms with Gasteiger partial charge in [-0.05, 0) is 51.3 Å². The fourth-order valence-corrected chi connectivity index (χ4v) is 4.52. The van der Waals surface area contributed by atoms with E-state index < -0.39 is 9.84 Å². The highest BCUT2D eigenvalue weighted by molar-refractivity contribution is 7.90. The molecular weight excluding hydrogens is 364 g/mol. The predicted molar refractivity (Wildman–Crippen MR) is 102 cm³/mol.